The topological polar surface area (TPSA) is 37.3 Å². The second-order valence-corrected chi connectivity index (χ2v) is 4.56. The Bertz CT molecular complexity index is 170. The van der Waals surface area contributed by atoms with Crippen molar-refractivity contribution in [3.05, 3.63) is 6.92 Å². The molecule has 0 aromatic heterocycles. The van der Waals surface area contributed by atoms with Gasteiger partial charge in [-0.05, 0) is 13.3 Å². The molecule has 0 heterocycles. The molecule has 0 aliphatic heterocycles. The van der Waals surface area contributed by atoms with Crippen LogP contribution in [0.3, 0.4) is 0 Å². The minimum absolute atomic E-state index is 0. The first-order valence-corrected chi connectivity index (χ1v) is 6.72. The minimum atomic E-state index is -1.02. The number of hydrogen-bond acceptors (Lipinski definition) is 2. The third kappa shape index (κ3) is 14.6. The van der Waals surface area contributed by atoms with Crippen molar-refractivity contribution in [1.82, 2.24) is 0 Å². The number of carbonyl (C=O) groups is 1. The molecular weight excluding hydrogens is 223 g/mol. The van der Waals surface area contributed by atoms with E-state index in [0.29, 0.717) is 6.42 Å². The maximum atomic E-state index is 11.0. The van der Waals surface area contributed by atoms with Crippen molar-refractivity contribution >= 4 is 35.3 Å². The van der Waals surface area contributed by atoms with Crippen LogP contribution in [0.5, 0.6) is 0 Å². The van der Waals surface area contributed by atoms with Crippen molar-refractivity contribution in [2.45, 2.75) is 77.2 Å². The van der Waals surface area contributed by atoms with Crippen LogP contribution in [0.1, 0.15) is 71.1 Å². The number of hydrogen-bond donors (Lipinski definition) is 1. The molecule has 97 valence electrons. The molecule has 17 heavy (non-hydrogen) atoms. The number of ketones is 1. The first kappa shape index (κ1) is 20.0. The first-order chi connectivity index (χ1) is 7.68. The molecule has 3 heteroatoms. The van der Waals surface area contributed by atoms with E-state index in [2.05, 4.69) is 13.8 Å². The van der Waals surface area contributed by atoms with E-state index >= 15 is 0 Å². The van der Waals surface area contributed by atoms with Crippen LogP contribution < -0.4 is 0 Å². The van der Waals surface area contributed by atoms with Crippen molar-refractivity contribution in [3.63, 3.8) is 0 Å². The van der Waals surface area contributed by atoms with Crippen LogP contribution in [-0.2, 0) is 4.79 Å². The zero-order valence-electron chi connectivity index (χ0n) is 10.7. The predicted molar refractivity (Wildman–Crippen MR) is 75.4 cm³/mol. The van der Waals surface area contributed by atoms with Gasteiger partial charge in [0.25, 0.3) is 0 Å². The Hall–Kier alpha value is 0.630. The molecule has 1 radical (unpaired) electrons. The summed E-state index contributed by atoms with van der Waals surface area (Å²) in [6.45, 7) is 5.53. The fourth-order valence-electron chi connectivity index (χ4n) is 1.78. The van der Waals surface area contributed by atoms with Crippen LogP contribution in [0.2, 0.25) is 0 Å². The van der Waals surface area contributed by atoms with Gasteiger partial charge >= 0.3 is 29.6 Å². The SMILES string of the molecule is [CH2]C(O)C(=O)CCCCCCCCCCC.[NaH]. The Kier molecular flexibility index (Phi) is 17.2. The number of aliphatic hydroxyl groups excluding tert-OH is 1. The summed E-state index contributed by atoms with van der Waals surface area (Å²) in [7, 11) is 0. The van der Waals surface area contributed by atoms with E-state index in [1.54, 1.807) is 0 Å². The Morgan fingerprint density at radius 2 is 1.41 bits per heavy atom. The van der Waals surface area contributed by atoms with Crippen LogP contribution in [0.15, 0.2) is 0 Å². The molecule has 1 unspecified atom stereocenters. The van der Waals surface area contributed by atoms with Crippen molar-refractivity contribution < 1.29 is 9.90 Å². The summed E-state index contributed by atoms with van der Waals surface area (Å²) in [5.41, 5.74) is 0. The van der Waals surface area contributed by atoms with E-state index in [-0.39, 0.29) is 35.3 Å². The molecule has 0 saturated carbocycles. The summed E-state index contributed by atoms with van der Waals surface area (Å²) >= 11 is 0. The molecular formula is C14H28NaO2. The second-order valence-electron chi connectivity index (χ2n) is 4.56. The Morgan fingerprint density at radius 1 is 1.00 bits per heavy atom. The van der Waals surface area contributed by atoms with E-state index in [9.17, 15) is 4.79 Å². The summed E-state index contributed by atoms with van der Waals surface area (Å²) in [5, 5.41) is 8.88. The third-order valence-electron chi connectivity index (χ3n) is 2.90. The second kappa shape index (κ2) is 14.7. The van der Waals surface area contributed by atoms with E-state index < -0.39 is 6.10 Å². The van der Waals surface area contributed by atoms with E-state index in [1.165, 1.54) is 44.9 Å². The first-order valence-electron chi connectivity index (χ1n) is 6.72. The zero-order chi connectivity index (χ0) is 12.2. The molecule has 1 N–H and O–H groups in total. The van der Waals surface area contributed by atoms with Gasteiger partial charge in [-0.25, -0.2) is 0 Å². The van der Waals surface area contributed by atoms with Gasteiger partial charge in [-0.3, -0.25) is 4.79 Å². The summed E-state index contributed by atoms with van der Waals surface area (Å²) in [4.78, 5) is 11.0. The van der Waals surface area contributed by atoms with E-state index in [4.69, 9.17) is 5.11 Å². The molecule has 0 fully saturated rings. The van der Waals surface area contributed by atoms with Crippen molar-refractivity contribution in [2.24, 2.45) is 0 Å². The Labute approximate surface area is 129 Å². The Morgan fingerprint density at radius 3 is 1.82 bits per heavy atom. The van der Waals surface area contributed by atoms with Crippen molar-refractivity contribution in [3.8, 4) is 0 Å². The van der Waals surface area contributed by atoms with Crippen LogP contribution >= 0.6 is 0 Å². The van der Waals surface area contributed by atoms with Crippen molar-refractivity contribution in [2.75, 3.05) is 0 Å². The fourth-order valence-corrected chi connectivity index (χ4v) is 1.78. The van der Waals surface area contributed by atoms with Gasteiger partial charge in [-0.2, -0.15) is 0 Å². The summed E-state index contributed by atoms with van der Waals surface area (Å²) in [6.07, 6.45) is 10.7. The quantitative estimate of drug-likeness (QED) is 0.453. The molecule has 2 nitrogen and oxygen atoms in total. The molecule has 0 spiro atoms. The van der Waals surface area contributed by atoms with Gasteiger partial charge in [0.15, 0.2) is 5.78 Å². The van der Waals surface area contributed by atoms with Gasteiger partial charge in [0.05, 0.1) is 0 Å². The van der Waals surface area contributed by atoms with E-state index in [0.717, 1.165) is 12.8 Å². The molecule has 0 aliphatic rings. The number of carbonyl (C=O) groups excluding carboxylic acids is 1. The molecule has 0 amide bonds. The zero-order valence-corrected chi connectivity index (χ0v) is 10.7. The average molecular weight is 251 g/mol. The third-order valence-corrected chi connectivity index (χ3v) is 2.90. The van der Waals surface area contributed by atoms with Crippen LogP contribution in [0.25, 0.3) is 0 Å². The van der Waals surface area contributed by atoms with Gasteiger partial charge in [0.2, 0.25) is 0 Å². The standard InChI is InChI=1S/C14H27O2.Na.H/c1-3-4-5-6-7-8-9-10-11-12-14(16)13(2)15;;/h13,15H,2-12H2,1H3;;. The monoisotopic (exact) mass is 251 g/mol. The molecule has 1 atom stereocenters. The van der Waals surface area contributed by atoms with E-state index in [1.807, 2.05) is 0 Å². The molecule has 0 rings (SSSR count). The molecule has 0 aliphatic carbocycles. The van der Waals surface area contributed by atoms with Gasteiger partial charge in [-0.1, -0.05) is 58.3 Å². The van der Waals surface area contributed by atoms with Crippen LogP contribution in [0.4, 0.5) is 0 Å². The summed E-state index contributed by atoms with van der Waals surface area (Å²) in [5.74, 6) is -0.122. The predicted octanol–water partition coefficient (Wildman–Crippen LogP) is 3.02. The average Bonchev–Trinajstić information content (AvgIpc) is 2.26. The van der Waals surface area contributed by atoms with Gasteiger partial charge in [-0.15, -0.1) is 0 Å². The number of aliphatic hydroxyl groups is 1. The number of unbranched alkanes of at least 4 members (excludes halogenated alkanes) is 8. The number of Topliss-reactive ketones (excluding diaryl/α,β-unsaturated/α-hetero) is 1. The normalized spacial score (nSPS) is 11.9. The molecule has 0 bridgehead atoms. The van der Waals surface area contributed by atoms with Gasteiger partial charge in [0.1, 0.15) is 6.10 Å². The van der Waals surface area contributed by atoms with Gasteiger partial charge < -0.3 is 5.11 Å². The van der Waals surface area contributed by atoms with Crippen molar-refractivity contribution in [1.29, 1.82) is 0 Å². The maximum absolute atomic E-state index is 11.0. The fraction of sp³-hybridized carbons (Fsp3) is 0.857. The van der Waals surface area contributed by atoms with Crippen LogP contribution in [0, 0.1) is 6.92 Å². The Balaban J connectivity index is 0. The molecule has 0 saturated heterocycles. The van der Waals surface area contributed by atoms with Crippen LogP contribution in [-0.4, -0.2) is 46.6 Å². The summed E-state index contributed by atoms with van der Waals surface area (Å²) in [6, 6.07) is 0. The molecule has 0 aromatic rings. The number of rotatable bonds is 11. The molecule has 0 aromatic carbocycles. The summed E-state index contributed by atoms with van der Waals surface area (Å²) < 4.78 is 0. The van der Waals surface area contributed by atoms with Gasteiger partial charge in [0, 0.05) is 6.42 Å².